The Bertz CT molecular complexity index is 862. The molecule has 3 aromatic rings. The van der Waals surface area contributed by atoms with E-state index in [9.17, 15) is 4.79 Å². The maximum absolute atomic E-state index is 12.9. The van der Waals surface area contributed by atoms with Gasteiger partial charge in [0.05, 0.1) is 31.6 Å². The molecule has 1 aromatic carbocycles. The van der Waals surface area contributed by atoms with Gasteiger partial charge in [0.2, 0.25) is 0 Å². The van der Waals surface area contributed by atoms with Crippen molar-refractivity contribution >= 4 is 17.0 Å². The van der Waals surface area contributed by atoms with Gasteiger partial charge >= 0.3 is 0 Å². The van der Waals surface area contributed by atoms with E-state index < -0.39 is 0 Å². The number of para-hydroxylation sites is 1. The largest absolute Gasteiger partial charge is 0.494 e. The van der Waals surface area contributed by atoms with Crippen molar-refractivity contribution in [1.29, 1.82) is 0 Å². The zero-order chi connectivity index (χ0) is 17.8. The second-order valence-electron chi connectivity index (χ2n) is 6.27. The molecule has 0 spiro atoms. The van der Waals surface area contributed by atoms with Gasteiger partial charge in [-0.3, -0.25) is 4.79 Å². The molecule has 136 valence electrons. The summed E-state index contributed by atoms with van der Waals surface area (Å²) in [5, 5.41) is 0. The molecule has 0 bridgehead atoms. The summed E-state index contributed by atoms with van der Waals surface area (Å²) in [4.78, 5) is 14.8. The van der Waals surface area contributed by atoms with Gasteiger partial charge in [-0.1, -0.05) is 18.2 Å². The summed E-state index contributed by atoms with van der Waals surface area (Å²) in [6.07, 6.45) is 2.46. The van der Waals surface area contributed by atoms with Gasteiger partial charge in [0.1, 0.15) is 11.4 Å². The number of aromatic nitrogens is 1. The first kappa shape index (κ1) is 16.7. The van der Waals surface area contributed by atoms with E-state index in [2.05, 4.69) is 0 Å². The van der Waals surface area contributed by atoms with Crippen molar-refractivity contribution in [3.05, 3.63) is 54.4 Å². The van der Waals surface area contributed by atoms with Crippen molar-refractivity contribution in [3.8, 4) is 5.75 Å². The smallest absolute Gasteiger partial charge is 0.270 e. The van der Waals surface area contributed by atoms with Crippen LogP contribution in [0.2, 0.25) is 0 Å². The van der Waals surface area contributed by atoms with E-state index in [0.717, 1.165) is 23.3 Å². The lowest BCUT2D eigenvalue weighted by Crippen LogP contribution is -2.41. The average molecular weight is 354 g/mol. The number of amides is 1. The molecule has 1 fully saturated rings. The predicted octanol–water partition coefficient (Wildman–Crippen LogP) is 3.18. The van der Waals surface area contributed by atoms with Gasteiger partial charge in [-0.05, 0) is 18.6 Å². The summed E-state index contributed by atoms with van der Waals surface area (Å²) in [6, 6.07) is 13.5. The Labute approximate surface area is 151 Å². The van der Waals surface area contributed by atoms with E-state index in [1.165, 1.54) is 0 Å². The van der Waals surface area contributed by atoms with Crippen LogP contribution in [0.15, 0.2) is 53.1 Å². The highest BCUT2D eigenvalue weighted by molar-refractivity contribution is 5.97. The molecule has 6 nitrogen and oxygen atoms in total. The number of aryl methyl sites for hydroxylation is 1. The number of nitrogens with zero attached hydrogens (tertiary/aromatic N) is 2. The number of hydrogen-bond donors (Lipinski definition) is 0. The Morgan fingerprint density at radius 2 is 1.92 bits per heavy atom. The minimum atomic E-state index is 0.0312. The molecule has 0 radical (unpaired) electrons. The molecule has 0 unspecified atom stereocenters. The van der Waals surface area contributed by atoms with Crippen LogP contribution in [0.1, 0.15) is 16.9 Å². The molecule has 1 aliphatic rings. The molecule has 1 saturated heterocycles. The summed E-state index contributed by atoms with van der Waals surface area (Å²) >= 11 is 0. The van der Waals surface area contributed by atoms with E-state index in [1.807, 2.05) is 51.9 Å². The van der Waals surface area contributed by atoms with Crippen LogP contribution >= 0.6 is 0 Å². The molecule has 1 aliphatic heterocycles. The fourth-order valence-electron chi connectivity index (χ4n) is 3.25. The van der Waals surface area contributed by atoms with Crippen LogP contribution in [0, 0.1) is 0 Å². The lowest BCUT2D eigenvalue weighted by atomic mass is 10.3. The SMILES string of the molecule is O=C(c1cc2occc2n1CCCOc1ccccc1)N1CCOCC1. The molecule has 0 saturated carbocycles. The first-order valence-corrected chi connectivity index (χ1v) is 8.94. The van der Waals surface area contributed by atoms with Crippen molar-refractivity contribution in [2.45, 2.75) is 13.0 Å². The van der Waals surface area contributed by atoms with Crippen molar-refractivity contribution in [1.82, 2.24) is 9.47 Å². The Kier molecular flexibility index (Phi) is 4.93. The zero-order valence-corrected chi connectivity index (χ0v) is 14.6. The molecular formula is C20H22N2O4. The summed E-state index contributed by atoms with van der Waals surface area (Å²) in [7, 11) is 0. The van der Waals surface area contributed by atoms with Crippen LogP contribution in [0.5, 0.6) is 5.75 Å². The van der Waals surface area contributed by atoms with E-state index in [4.69, 9.17) is 13.9 Å². The minimum absolute atomic E-state index is 0.0312. The molecule has 1 amide bonds. The zero-order valence-electron chi connectivity index (χ0n) is 14.6. The van der Waals surface area contributed by atoms with Crippen LogP contribution in [-0.4, -0.2) is 48.3 Å². The van der Waals surface area contributed by atoms with Crippen molar-refractivity contribution in [2.24, 2.45) is 0 Å². The number of carbonyl (C=O) groups is 1. The van der Waals surface area contributed by atoms with Crippen molar-refractivity contribution in [2.75, 3.05) is 32.9 Å². The van der Waals surface area contributed by atoms with Gasteiger partial charge in [-0.25, -0.2) is 0 Å². The number of hydrogen-bond acceptors (Lipinski definition) is 4. The average Bonchev–Trinajstić information content (AvgIpc) is 3.28. The highest BCUT2D eigenvalue weighted by Gasteiger charge is 2.23. The highest BCUT2D eigenvalue weighted by atomic mass is 16.5. The second-order valence-corrected chi connectivity index (χ2v) is 6.27. The number of rotatable bonds is 6. The van der Waals surface area contributed by atoms with Crippen molar-refractivity contribution in [3.63, 3.8) is 0 Å². The molecule has 2 aromatic heterocycles. The normalized spacial score (nSPS) is 14.7. The lowest BCUT2D eigenvalue weighted by Gasteiger charge is -2.27. The van der Waals surface area contributed by atoms with Gasteiger partial charge in [0.25, 0.3) is 5.91 Å². The fraction of sp³-hybridized carbons (Fsp3) is 0.350. The molecular weight excluding hydrogens is 332 g/mol. The minimum Gasteiger partial charge on any atom is -0.494 e. The number of morpholine rings is 1. The number of furan rings is 1. The molecule has 0 aliphatic carbocycles. The van der Waals surface area contributed by atoms with E-state index in [-0.39, 0.29) is 5.91 Å². The molecule has 6 heteroatoms. The number of ether oxygens (including phenoxy) is 2. The Hall–Kier alpha value is -2.73. The van der Waals surface area contributed by atoms with Crippen LogP contribution in [0.4, 0.5) is 0 Å². The van der Waals surface area contributed by atoms with Gasteiger partial charge in [0, 0.05) is 31.8 Å². The van der Waals surface area contributed by atoms with Crippen LogP contribution in [-0.2, 0) is 11.3 Å². The Balaban J connectivity index is 1.46. The summed E-state index contributed by atoms with van der Waals surface area (Å²) < 4.78 is 18.6. The molecule has 0 atom stereocenters. The maximum Gasteiger partial charge on any atom is 0.270 e. The monoisotopic (exact) mass is 354 g/mol. The van der Waals surface area contributed by atoms with Crippen LogP contribution in [0.25, 0.3) is 11.1 Å². The summed E-state index contributed by atoms with van der Waals surface area (Å²) in [5.41, 5.74) is 2.35. The maximum atomic E-state index is 12.9. The first-order valence-electron chi connectivity index (χ1n) is 8.94. The Morgan fingerprint density at radius 3 is 2.73 bits per heavy atom. The highest BCUT2D eigenvalue weighted by Crippen LogP contribution is 2.23. The third-order valence-electron chi connectivity index (χ3n) is 4.58. The first-order chi connectivity index (χ1) is 12.8. The topological polar surface area (TPSA) is 56.8 Å². The van der Waals surface area contributed by atoms with Gasteiger partial charge in [0.15, 0.2) is 5.58 Å². The third kappa shape index (κ3) is 3.46. The number of benzene rings is 1. The summed E-state index contributed by atoms with van der Waals surface area (Å²) in [6.45, 7) is 3.72. The van der Waals surface area contributed by atoms with Crippen LogP contribution in [0.3, 0.4) is 0 Å². The van der Waals surface area contributed by atoms with E-state index >= 15 is 0 Å². The number of fused-ring (bicyclic) bond motifs is 1. The molecule has 4 rings (SSSR count). The van der Waals surface area contributed by atoms with Gasteiger partial charge < -0.3 is 23.4 Å². The Morgan fingerprint density at radius 1 is 1.12 bits per heavy atom. The van der Waals surface area contributed by atoms with Crippen molar-refractivity contribution < 1.29 is 18.7 Å². The van der Waals surface area contributed by atoms with E-state index in [0.29, 0.717) is 45.1 Å². The molecule has 0 N–H and O–H groups in total. The van der Waals surface area contributed by atoms with Gasteiger partial charge in [-0.15, -0.1) is 0 Å². The molecule has 26 heavy (non-hydrogen) atoms. The fourth-order valence-corrected chi connectivity index (χ4v) is 3.25. The van der Waals surface area contributed by atoms with Gasteiger partial charge in [-0.2, -0.15) is 0 Å². The lowest BCUT2D eigenvalue weighted by molar-refractivity contribution is 0.0296. The van der Waals surface area contributed by atoms with E-state index in [1.54, 1.807) is 6.26 Å². The predicted molar refractivity (Wildman–Crippen MR) is 97.5 cm³/mol. The molecule has 3 heterocycles. The quantitative estimate of drug-likeness (QED) is 0.638. The standard InChI is InChI=1S/C20H22N2O4/c23-20(21-9-13-24-14-10-21)18-15-19-17(7-12-26-19)22(18)8-4-11-25-16-5-2-1-3-6-16/h1-3,5-7,12,15H,4,8-11,13-14H2. The number of carbonyl (C=O) groups excluding carboxylic acids is 1. The van der Waals surface area contributed by atoms with Crippen LogP contribution < -0.4 is 4.74 Å². The second kappa shape index (κ2) is 7.66. The summed E-state index contributed by atoms with van der Waals surface area (Å²) in [5.74, 6) is 0.891. The third-order valence-corrected chi connectivity index (χ3v) is 4.58.